The van der Waals surface area contributed by atoms with Crippen molar-refractivity contribution in [2.24, 2.45) is 11.8 Å². The first kappa shape index (κ1) is 12.7. The van der Waals surface area contributed by atoms with Crippen molar-refractivity contribution in [2.75, 3.05) is 39.3 Å². The van der Waals surface area contributed by atoms with Gasteiger partial charge in [-0.3, -0.25) is 4.90 Å². The van der Waals surface area contributed by atoms with E-state index in [0.29, 0.717) is 0 Å². The molecule has 88 valence electrons. The van der Waals surface area contributed by atoms with Crippen molar-refractivity contribution in [2.45, 2.75) is 20.8 Å². The van der Waals surface area contributed by atoms with Gasteiger partial charge in [-0.2, -0.15) is 0 Å². The fraction of sp³-hybridized carbons (Fsp3) is 0.846. The number of nitrogens with zero attached hydrogens (tertiary/aromatic N) is 2. The van der Waals surface area contributed by atoms with Crippen LogP contribution in [0.25, 0.3) is 0 Å². The Kier molecular flexibility index (Phi) is 5.34. The van der Waals surface area contributed by atoms with Gasteiger partial charge >= 0.3 is 0 Å². The monoisotopic (exact) mass is 210 g/mol. The van der Waals surface area contributed by atoms with Crippen LogP contribution in [-0.2, 0) is 0 Å². The maximum Gasteiger partial charge on any atom is 0.0160 e. The number of hydrogen-bond donors (Lipinski definition) is 0. The van der Waals surface area contributed by atoms with Crippen LogP contribution in [0, 0.1) is 11.8 Å². The second-order valence-electron chi connectivity index (χ2n) is 4.73. The highest BCUT2D eigenvalue weighted by Gasteiger charge is 2.29. The maximum absolute atomic E-state index is 3.82. The normalized spacial score (nSPS) is 27.5. The Morgan fingerprint density at radius 1 is 1.33 bits per heavy atom. The lowest BCUT2D eigenvalue weighted by Crippen LogP contribution is -2.32. The number of likely N-dealkylation sites (tertiary alicyclic amines) is 1. The zero-order valence-corrected chi connectivity index (χ0v) is 10.6. The second kappa shape index (κ2) is 6.29. The van der Waals surface area contributed by atoms with Gasteiger partial charge in [-0.25, -0.2) is 0 Å². The zero-order chi connectivity index (χ0) is 11.3. The third-order valence-corrected chi connectivity index (χ3v) is 3.62. The number of hydrogen-bond acceptors (Lipinski definition) is 2. The van der Waals surface area contributed by atoms with Crippen LogP contribution in [0.15, 0.2) is 12.7 Å². The van der Waals surface area contributed by atoms with Gasteiger partial charge in [0.2, 0.25) is 0 Å². The number of rotatable bonds is 6. The van der Waals surface area contributed by atoms with Gasteiger partial charge in [0.1, 0.15) is 0 Å². The molecule has 0 bridgehead atoms. The van der Waals surface area contributed by atoms with Gasteiger partial charge in [0.25, 0.3) is 0 Å². The summed E-state index contributed by atoms with van der Waals surface area (Å²) in [5.74, 6) is 1.69. The fourth-order valence-electron chi connectivity index (χ4n) is 2.53. The Labute approximate surface area is 94.9 Å². The van der Waals surface area contributed by atoms with E-state index in [4.69, 9.17) is 0 Å². The summed E-state index contributed by atoms with van der Waals surface area (Å²) in [5, 5.41) is 0. The van der Waals surface area contributed by atoms with Crippen LogP contribution in [-0.4, -0.2) is 49.1 Å². The lowest BCUT2D eigenvalue weighted by atomic mass is 9.98. The molecule has 1 fully saturated rings. The molecule has 2 nitrogen and oxygen atoms in total. The standard InChI is InChI=1S/C13H26N2/c1-5-8-15-9-12(4)13(11-15)10-14(6-2)7-3/h5,12-13H,1,6-11H2,2-4H3. The van der Waals surface area contributed by atoms with Crippen LogP contribution in [0.3, 0.4) is 0 Å². The Hall–Kier alpha value is -0.340. The summed E-state index contributed by atoms with van der Waals surface area (Å²) in [4.78, 5) is 5.06. The topological polar surface area (TPSA) is 6.48 Å². The molecule has 0 N–H and O–H groups in total. The van der Waals surface area contributed by atoms with E-state index in [-0.39, 0.29) is 0 Å². The van der Waals surface area contributed by atoms with Gasteiger partial charge in [-0.1, -0.05) is 26.8 Å². The van der Waals surface area contributed by atoms with Gasteiger partial charge in [0.05, 0.1) is 0 Å². The van der Waals surface area contributed by atoms with E-state index in [1.165, 1.54) is 32.7 Å². The summed E-state index contributed by atoms with van der Waals surface area (Å²) in [5.41, 5.74) is 0. The summed E-state index contributed by atoms with van der Waals surface area (Å²) in [7, 11) is 0. The van der Waals surface area contributed by atoms with Crippen LogP contribution in [0.4, 0.5) is 0 Å². The van der Waals surface area contributed by atoms with Gasteiger partial charge in [0.15, 0.2) is 0 Å². The maximum atomic E-state index is 3.82. The molecule has 15 heavy (non-hydrogen) atoms. The van der Waals surface area contributed by atoms with Crippen molar-refractivity contribution in [3.8, 4) is 0 Å². The summed E-state index contributed by atoms with van der Waals surface area (Å²) in [6, 6.07) is 0. The minimum atomic E-state index is 0.838. The molecule has 1 rings (SSSR count). The van der Waals surface area contributed by atoms with Crippen molar-refractivity contribution in [3.05, 3.63) is 12.7 Å². The van der Waals surface area contributed by atoms with Crippen molar-refractivity contribution in [3.63, 3.8) is 0 Å². The van der Waals surface area contributed by atoms with E-state index in [2.05, 4.69) is 37.1 Å². The molecule has 2 atom stereocenters. The van der Waals surface area contributed by atoms with E-state index >= 15 is 0 Å². The quantitative estimate of drug-likeness (QED) is 0.619. The van der Waals surface area contributed by atoms with E-state index in [1.54, 1.807) is 0 Å². The highest BCUT2D eigenvalue weighted by Crippen LogP contribution is 2.23. The third-order valence-electron chi connectivity index (χ3n) is 3.62. The average Bonchev–Trinajstić information content (AvgIpc) is 2.56. The Bertz CT molecular complexity index is 187. The first-order valence-electron chi connectivity index (χ1n) is 6.26. The van der Waals surface area contributed by atoms with Crippen LogP contribution in [0.1, 0.15) is 20.8 Å². The Balaban J connectivity index is 2.39. The molecule has 0 saturated carbocycles. The molecule has 0 aromatic rings. The minimum absolute atomic E-state index is 0.838. The lowest BCUT2D eigenvalue weighted by Gasteiger charge is -2.24. The molecule has 0 radical (unpaired) electrons. The van der Waals surface area contributed by atoms with E-state index in [9.17, 15) is 0 Å². The van der Waals surface area contributed by atoms with Crippen LogP contribution < -0.4 is 0 Å². The van der Waals surface area contributed by atoms with Crippen molar-refractivity contribution in [1.82, 2.24) is 9.80 Å². The largest absolute Gasteiger partial charge is 0.304 e. The summed E-state index contributed by atoms with van der Waals surface area (Å²) in [6.07, 6.45) is 2.02. The molecular weight excluding hydrogens is 184 g/mol. The molecule has 2 unspecified atom stereocenters. The fourth-order valence-corrected chi connectivity index (χ4v) is 2.53. The first-order valence-corrected chi connectivity index (χ1v) is 6.26. The predicted molar refractivity (Wildman–Crippen MR) is 67.1 cm³/mol. The second-order valence-corrected chi connectivity index (χ2v) is 4.73. The summed E-state index contributed by atoms with van der Waals surface area (Å²) < 4.78 is 0. The van der Waals surface area contributed by atoms with Crippen LogP contribution in [0.2, 0.25) is 0 Å². The highest BCUT2D eigenvalue weighted by atomic mass is 15.2. The Morgan fingerprint density at radius 3 is 2.53 bits per heavy atom. The third kappa shape index (κ3) is 3.62. The molecule has 0 aliphatic carbocycles. The van der Waals surface area contributed by atoms with Gasteiger partial charge in [-0.15, -0.1) is 6.58 Å². The summed E-state index contributed by atoms with van der Waals surface area (Å²) >= 11 is 0. The van der Waals surface area contributed by atoms with Crippen molar-refractivity contribution >= 4 is 0 Å². The van der Waals surface area contributed by atoms with Crippen molar-refractivity contribution in [1.29, 1.82) is 0 Å². The van der Waals surface area contributed by atoms with E-state index in [0.717, 1.165) is 18.4 Å². The van der Waals surface area contributed by atoms with Gasteiger partial charge < -0.3 is 4.90 Å². The molecule has 2 heteroatoms. The molecule has 1 aliphatic rings. The average molecular weight is 210 g/mol. The molecule has 1 aliphatic heterocycles. The van der Waals surface area contributed by atoms with Crippen molar-refractivity contribution < 1.29 is 0 Å². The molecule has 1 heterocycles. The lowest BCUT2D eigenvalue weighted by molar-refractivity contribution is 0.233. The molecule has 0 amide bonds. The molecule has 0 aromatic heterocycles. The van der Waals surface area contributed by atoms with E-state index in [1.807, 2.05) is 6.08 Å². The first-order chi connectivity index (χ1) is 7.21. The predicted octanol–water partition coefficient (Wildman–Crippen LogP) is 2.08. The van der Waals surface area contributed by atoms with Gasteiger partial charge in [-0.05, 0) is 24.9 Å². The smallest absolute Gasteiger partial charge is 0.0160 e. The summed E-state index contributed by atoms with van der Waals surface area (Å²) in [6.45, 7) is 17.9. The van der Waals surface area contributed by atoms with Gasteiger partial charge in [0, 0.05) is 26.2 Å². The minimum Gasteiger partial charge on any atom is -0.304 e. The zero-order valence-electron chi connectivity index (χ0n) is 10.6. The highest BCUT2D eigenvalue weighted by molar-refractivity contribution is 4.86. The molecule has 0 aromatic carbocycles. The Morgan fingerprint density at radius 2 is 2.00 bits per heavy atom. The molecule has 0 spiro atoms. The van der Waals surface area contributed by atoms with Crippen LogP contribution >= 0.6 is 0 Å². The molecular formula is C13H26N2. The van der Waals surface area contributed by atoms with Crippen LogP contribution in [0.5, 0.6) is 0 Å². The molecule has 1 saturated heterocycles. The van der Waals surface area contributed by atoms with E-state index < -0.39 is 0 Å². The SMILES string of the molecule is C=CCN1CC(C)C(CN(CC)CC)C1.